The van der Waals surface area contributed by atoms with E-state index >= 15 is 0 Å². The van der Waals surface area contributed by atoms with Crippen molar-refractivity contribution < 1.29 is 23.1 Å². The van der Waals surface area contributed by atoms with Crippen LogP contribution in [0.15, 0.2) is 30.3 Å². The van der Waals surface area contributed by atoms with Gasteiger partial charge in [-0.3, -0.25) is 9.69 Å². The molecule has 1 rings (SSSR count). The van der Waals surface area contributed by atoms with Crippen LogP contribution in [0, 0.1) is 5.92 Å². The fourth-order valence-corrected chi connectivity index (χ4v) is 1.73. The Balaban J connectivity index is 2.73. The third-order valence-electron chi connectivity index (χ3n) is 2.83. The Kier molecular flexibility index (Phi) is 5.35. The van der Waals surface area contributed by atoms with Crippen molar-refractivity contribution >= 4 is 5.97 Å². The van der Waals surface area contributed by atoms with Gasteiger partial charge in [0.25, 0.3) is 0 Å². The summed E-state index contributed by atoms with van der Waals surface area (Å²) in [5, 5.41) is 8.67. The van der Waals surface area contributed by atoms with Gasteiger partial charge in [0.1, 0.15) is 0 Å². The Labute approximate surface area is 109 Å². The lowest BCUT2D eigenvalue weighted by Crippen LogP contribution is -2.41. The Morgan fingerprint density at radius 3 is 2.32 bits per heavy atom. The summed E-state index contributed by atoms with van der Waals surface area (Å²) in [6.07, 6.45) is -4.73. The maximum Gasteiger partial charge on any atom is 0.403 e. The topological polar surface area (TPSA) is 40.5 Å². The number of carbonyl (C=O) groups is 1. The van der Waals surface area contributed by atoms with E-state index in [9.17, 15) is 18.0 Å². The van der Waals surface area contributed by atoms with Crippen molar-refractivity contribution in [1.82, 2.24) is 4.90 Å². The van der Waals surface area contributed by atoms with Crippen LogP contribution in [-0.4, -0.2) is 35.2 Å². The average molecular weight is 275 g/mol. The zero-order chi connectivity index (χ0) is 14.5. The maximum atomic E-state index is 12.6. The highest BCUT2D eigenvalue weighted by molar-refractivity contribution is 5.71. The molecule has 0 spiro atoms. The fraction of sp³-hybridized carbons (Fsp3) is 0.462. The third-order valence-corrected chi connectivity index (χ3v) is 2.83. The molecule has 0 aliphatic rings. The van der Waals surface area contributed by atoms with Crippen LogP contribution in [0.5, 0.6) is 0 Å². The molecule has 1 aromatic carbocycles. The second-order valence-corrected chi connectivity index (χ2v) is 4.25. The molecule has 0 heterocycles. The number of nitrogens with zero attached hydrogens (tertiary/aromatic N) is 1. The first-order valence-electron chi connectivity index (χ1n) is 5.90. The molecule has 0 bridgehead atoms. The monoisotopic (exact) mass is 275 g/mol. The molecule has 0 saturated carbocycles. The molecule has 0 saturated heterocycles. The van der Waals surface area contributed by atoms with Gasteiger partial charge in [-0.2, -0.15) is 13.2 Å². The molecule has 1 atom stereocenters. The predicted octanol–water partition coefficient (Wildman–Crippen LogP) is 2.77. The van der Waals surface area contributed by atoms with E-state index in [-0.39, 0.29) is 0 Å². The molecule has 106 valence electrons. The highest BCUT2D eigenvalue weighted by Crippen LogP contribution is 2.27. The van der Waals surface area contributed by atoms with Crippen LogP contribution in [0.3, 0.4) is 0 Å². The number of hydrogen-bond acceptors (Lipinski definition) is 2. The largest absolute Gasteiger partial charge is 0.481 e. The van der Waals surface area contributed by atoms with E-state index in [0.717, 1.165) is 5.56 Å². The van der Waals surface area contributed by atoms with Crippen molar-refractivity contribution in [2.45, 2.75) is 19.6 Å². The number of halogens is 3. The minimum Gasteiger partial charge on any atom is -0.481 e. The first kappa shape index (κ1) is 15.5. The molecule has 0 fully saturated rings. The summed E-state index contributed by atoms with van der Waals surface area (Å²) >= 11 is 0. The van der Waals surface area contributed by atoms with Gasteiger partial charge in [-0.05, 0) is 12.1 Å². The second kappa shape index (κ2) is 6.56. The summed E-state index contributed by atoms with van der Waals surface area (Å²) in [7, 11) is 0. The van der Waals surface area contributed by atoms with E-state index in [1.807, 2.05) is 6.07 Å². The van der Waals surface area contributed by atoms with E-state index in [4.69, 9.17) is 5.11 Å². The quantitative estimate of drug-likeness (QED) is 0.868. The van der Waals surface area contributed by atoms with E-state index in [2.05, 4.69) is 0 Å². The number of carboxylic acid groups (broad SMARTS) is 1. The van der Waals surface area contributed by atoms with Crippen LogP contribution in [-0.2, 0) is 11.3 Å². The summed E-state index contributed by atoms with van der Waals surface area (Å²) in [6.45, 7) is 1.83. The number of benzene rings is 1. The van der Waals surface area contributed by atoms with Gasteiger partial charge in [-0.25, -0.2) is 0 Å². The number of rotatable bonds is 6. The lowest BCUT2D eigenvalue weighted by Gasteiger charge is -2.25. The molecule has 1 N–H and O–H groups in total. The van der Waals surface area contributed by atoms with Gasteiger partial charge >= 0.3 is 12.1 Å². The highest BCUT2D eigenvalue weighted by Gasteiger charge is 2.45. The summed E-state index contributed by atoms with van der Waals surface area (Å²) < 4.78 is 37.8. The molecule has 19 heavy (non-hydrogen) atoms. The molecule has 1 aromatic rings. The molecule has 3 nitrogen and oxygen atoms in total. The van der Waals surface area contributed by atoms with Gasteiger partial charge in [0.2, 0.25) is 0 Å². The zero-order valence-corrected chi connectivity index (χ0v) is 10.5. The lowest BCUT2D eigenvalue weighted by atomic mass is 10.1. The van der Waals surface area contributed by atoms with Crippen molar-refractivity contribution in [2.75, 3.05) is 13.1 Å². The standard InChI is InChI=1S/C13H16F3NO2/c1-2-17(8-10-6-4-3-5-7-10)9-11(12(18)19)13(14,15)16/h3-7,11H,2,8-9H2,1H3,(H,18,19). The fourth-order valence-electron chi connectivity index (χ4n) is 1.73. The normalized spacial score (nSPS) is 13.5. The molecule has 0 radical (unpaired) electrons. The summed E-state index contributed by atoms with van der Waals surface area (Å²) in [4.78, 5) is 12.2. The highest BCUT2D eigenvalue weighted by atomic mass is 19.4. The molecule has 0 amide bonds. The molecule has 0 aromatic heterocycles. The van der Waals surface area contributed by atoms with E-state index in [1.165, 1.54) is 4.90 Å². The summed E-state index contributed by atoms with van der Waals surface area (Å²) in [5.41, 5.74) is 0.857. The van der Waals surface area contributed by atoms with Gasteiger partial charge < -0.3 is 5.11 Å². The van der Waals surface area contributed by atoms with Crippen LogP contribution in [0.1, 0.15) is 12.5 Å². The van der Waals surface area contributed by atoms with Crippen molar-refractivity contribution in [1.29, 1.82) is 0 Å². The van der Waals surface area contributed by atoms with Crippen LogP contribution < -0.4 is 0 Å². The van der Waals surface area contributed by atoms with Gasteiger partial charge in [-0.1, -0.05) is 37.3 Å². The van der Waals surface area contributed by atoms with Crippen LogP contribution >= 0.6 is 0 Å². The van der Waals surface area contributed by atoms with Gasteiger partial charge in [0.15, 0.2) is 5.92 Å². The molecular formula is C13H16F3NO2. The lowest BCUT2D eigenvalue weighted by molar-refractivity contribution is -0.196. The molecule has 6 heteroatoms. The molecule has 0 aliphatic carbocycles. The second-order valence-electron chi connectivity index (χ2n) is 4.25. The smallest absolute Gasteiger partial charge is 0.403 e. The minimum atomic E-state index is -4.73. The van der Waals surface area contributed by atoms with Crippen molar-refractivity contribution in [2.24, 2.45) is 5.92 Å². The maximum absolute atomic E-state index is 12.6. The first-order valence-corrected chi connectivity index (χ1v) is 5.90. The molecule has 1 unspecified atom stereocenters. The Bertz CT molecular complexity index is 406. The number of aliphatic carboxylic acids is 1. The van der Waals surface area contributed by atoms with Crippen molar-refractivity contribution in [3.8, 4) is 0 Å². The van der Waals surface area contributed by atoms with Crippen molar-refractivity contribution in [3.63, 3.8) is 0 Å². The van der Waals surface area contributed by atoms with E-state index < -0.39 is 24.6 Å². The number of hydrogen-bond donors (Lipinski definition) is 1. The molecule has 0 aliphatic heterocycles. The Hall–Kier alpha value is -1.56. The third kappa shape index (κ3) is 4.90. The van der Waals surface area contributed by atoms with Crippen LogP contribution in [0.2, 0.25) is 0 Å². The van der Waals surface area contributed by atoms with E-state index in [1.54, 1.807) is 31.2 Å². The van der Waals surface area contributed by atoms with Crippen molar-refractivity contribution in [3.05, 3.63) is 35.9 Å². The first-order chi connectivity index (χ1) is 8.84. The zero-order valence-electron chi connectivity index (χ0n) is 10.5. The predicted molar refractivity (Wildman–Crippen MR) is 64.6 cm³/mol. The summed E-state index contributed by atoms with van der Waals surface area (Å²) in [5.74, 6) is -4.19. The van der Waals surface area contributed by atoms with Gasteiger partial charge in [0, 0.05) is 13.1 Å². The number of carboxylic acids is 1. The Morgan fingerprint density at radius 2 is 1.89 bits per heavy atom. The Morgan fingerprint density at radius 1 is 1.32 bits per heavy atom. The van der Waals surface area contributed by atoms with Gasteiger partial charge in [-0.15, -0.1) is 0 Å². The minimum absolute atomic E-state index is 0.303. The SMILES string of the molecule is CCN(Cc1ccccc1)CC(C(=O)O)C(F)(F)F. The van der Waals surface area contributed by atoms with Gasteiger partial charge in [0.05, 0.1) is 0 Å². The van der Waals surface area contributed by atoms with Crippen LogP contribution in [0.4, 0.5) is 13.2 Å². The molecular weight excluding hydrogens is 259 g/mol. The van der Waals surface area contributed by atoms with Crippen LogP contribution in [0.25, 0.3) is 0 Å². The number of alkyl halides is 3. The average Bonchev–Trinajstić information content (AvgIpc) is 2.33. The summed E-state index contributed by atoms with van der Waals surface area (Å²) in [6, 6.07) is 9.00. The van der Waals surface area contributed by atoms with E-state index in [0.29, 0.717) is 13.1 Å².